The van der Waals surface area contributed by atoms with Crippen LogP contribution in [0.15, 0.2) is 240 Å². The molecule has 292 valence electrons. The summed E-state index contributed by atoms with van der Waals surface area (Å²) in [5, 5.41) is 5.30. The molecule has 2 nitrogen and oxygen atoms in total. The van der Waals surface area contributed by atoms with Crippen molar-refractivity contribution in [3.8, 4) is 33.4 Å². The molecule has 0 spiro atoms. The second-order valence-corrected chi connectivity index (χ2v) is 17.9. The Morgan fingerprint density at radius 2 is 0.758 bits per heavy atom. The van der Waals surface area contributed by atoms with Gasteiger partial charge in [-0.25, -0.2) is 0 Å². The summed E-state index contributed by atoms with van der Waals surface area (Å²) < 4.78 is 2.59. The summed E-state index contributed by atoms with van der Waals surface area (Å²) in [5.74, 6) is 0. The summed E-state index contributed by atoms with van der Waals surface area (Å²) in [4.78, 5) is 7.31. The van der Waals surface area contributed by atoms with Crippen LogP contribution in [0.1, 0.15) is 0 Å². The molecule has 11 aromatic rings. The molecule has 2 heterocycles. The molecule has 62 heavy (non-hydrogen) atoms. The van der Waals surface area contributed by atoms with Crippen LogP contribution in [-0.2, 0) is 0 Å². The van der Waals surface area contributed by atoms with Crippen LogP contribution < -0.4 is 9.80 Å². The molecule has 12 rings (SSSR count). The fourth-order valence-corrected chi connectivity index (χ4v) is 11.5. The Morgan fingerprint density at radius 1 is 0.274 bits per heavy atom. The normalized spacial score (nSPS) is 11.8. The molecule has 0 radical (unpaired) electrons. The van der Waals surface area contributed by atoms with Crippen molar-refractivity contribution in [3.05, 3.63) is 231 Å². The van der Waals surface area contributed by atoms with Gasteiger partial charge in [0, 0.05) is 69.5 Å². The number of hydrogen-bond acceptors (Lipinski definition) is 4. The molecule has 0 amide bonds. The third-order valence-corrected chi connectivity index (χ3v) is 14.2. The lowest BCUT2D eigenvalue weighted by Gasteiger charge is -2.28. The maximum absolute atomic E-state index is 2.46. The molecule has 0 saturated carbocycles. The van der Waals surface area contributed by atoms with Gasteiger partial charge in [0.15, 0.2) is 0 Å². The van der Waals surface area contributed by atoms with Crippen molar-refractivity contribution >= 4 is 88.2 Å². The van der Waals surface area contributed by atoms with Gasteiger partial charge in [0.05, 0.1) is 0 Å². The molecule has 4 heteroatoms. The Kier molecular flexibility index (Phi) is 8.98. The molecular formula is C58H38N2S2. The molecule has 0 unspecified atom stereocenters. The highest BCUT2D eigenvalue weighted by Gasteiger charge is 2.25. The second-order valence-electron chi connectivity index (χ2n) is 15.7. The lowest BCUT2D eigenvalue weighted by molar-refractivity contribution is 1.26. The molecule has 0 aliphatic carbocycles. The fraction of sp³-hybridized carbons (Fsp3) is 0. The van der Waals surface area contributed by atoms with E-state index in [4.69, 9.17) is 0 Å². The summed E-state index contributed by atoms with van der Waals surface area (Å²) in [5.41, 5.74) is 14.2. The van der Waals surface area contributed by atoms with E-state index in [1.54, 1.807) is 0 Å². The van der Waals surface area contributed by atoms with Crippen LogP contribution in [0.3, 0.4) is 0 Å². The van der Waals surface area contributed by atoms with Crippen molar-refractivity contribution in [2.45, 2.75) is 9.79 Å². The van der Waals surface area contributed by atoms with Crippen molar-refractivity contribution in [2.75, 3.05) is 9.80 Å². The monoisotopic (exact) mass is 826 g/mol. The molecule has 0 bridgehead atoms. The van der Waals surface area contributed by atoms with Crippen LogP contribution in [0.2, 0.25) is 0 Å². The summed E-state index contributed by atoms with van der Waals surface area (Å²) in [7, 11) is 0. The first-order valence-corrected chi connectivity index (χ1v) is 22.6. The maximum atomic E-state index is 2.46. The van der Waals surface area contributed by atoms with E-state index in [1.165, 1.54) is 74.1 Å². The average Bonchev–Trinajstić information content (AvgIpc) is 3.71. The third-order valence-electron chi connectivity index (χ3n) is 12.0. The number of nitrogens with zero attached hydrogens (tertiary/aromatic N) is 2. The number of thiophene rings is 1. The minimum atomic E-state index is 1.13. The Balaban J connectivity index is 0.952. The van der Waals surface area contributed by atoms with Gasteiger partial charge < -0.3 is 9.80 Å². The van der Waals surface area contributed by atoms with E-state index >= 15 is 0 Å². The summed E-state index contributed by atoms with van der Waals surface area (Å²) >= 11 is 3.78. The highest BCUT2D eigenvalue weighted by atomic mass is 32.2. The summed E-state index contributed by atoms with van der Waals surface area (Å²) in [6.07, 6.45) is 0. The van der Waals surface area contributed by atoms with Gasteiger partial charge in [0.2, 0.25) is 0 Å². The van der Waals surface area contributed by atoms with E-state index in [0.717, 1.165) is 34.1 Å². The van der Waals surface area contributed by atoms with E-state index in [1.807, 2.05) is 23.1 Å². The Bertz CT molecular complexity index is 3400. The predicted octanol–water partition coefficient (Wildman–Crippen LogP) is 17.6. The van der Waals surface area contributed by atoms with Crippen LogP contribution >= 0.6 is 23.1 Å². The molecule has 1 aliphatic heterocycles. The Hall–Kier alpha value is -7.37. The molecule has 1 aromatic heterocycles. The second kappa shape index (κ2) is 15.3. The average molecular weight is 827 g/mol. The molecule has 0 atom stereocenters. The van der Waals surface area contributed by atoms with Crippen molar-refractivity contribution < 1.29 is 0 Å². The first-order chi connectivity index (χ1) is 30.7. The molecular weight excluding hydrogens is 789 g/mol. The van der Waals surface area contributed by atoms with Crippen molar-refractivity contribution in [2.24, 2.45) is 0 Å². The quantitative estimate of drug-likeness (QED) is 0.151. The summed E-state index contributed by atoms with van der Waals surface area (Å²) in [6.45, 7) is 0. The standard InChI is InChI=1S/C58H38N2S2/c1-5-14-39(15-6-1)41-24-28-45(29-25-41)59(43-18-9-3-10-19-43)47-32-34-49-52-38-56-57(51-22-13-23-53(58(51)52)61-54(49)36-47)50-35-33-48(37-55(50)62-56)60(44-20-11-4-12-21-44)46-30-26-42(27-31-46)40-16-7-2-8-17-40/h1-38H. The Morgan fingerprint density at radius 3 is 1.34 bits per heavy atom. The van der Waals surface area contributed by atoms with Crippen LogP contribution in [0.4, 0.5) is 34.1 Å². The Labute approximate surface area is 369 Å². The first kappa shape index (κ1) is 36.5. The van der Waals surface area contributed by atoms with Crippen molar-refractivity contribution in [1.82, 2.24) is 0 Å². The molecule has 0 saturated heterocycles. The molecule has 0 fully saturated rings. The smallest absolute Gasteiger partial charge is 0.0476 e. The first-order valence-electron chi connectivity index (χ1n) is 21.0. The SMILES string of the molecule is c1ccc(-c2ccc(N(c3ccccc3)c3ccc4c(c3)Sc3cccc5c3c-4cc3sc4cc(N(c6ccccc6)c6ccc(-c7ccccc7)cc6)ccc4c35)cc2)cc1. The zero-order valence-electron chi connectivity index (χ0n) is 33.7. The van der Waals surface area contributed by atoms with E-state index in [-0.39, 0.29) is 0 Å². The lowest BCUT2D eigenvalue weighted by atomic mass is 9.94. The van der Waals surface area contributed by atoms with Crippen LogP contribution in [0.25, 0.3) is 64.3 Å². The van der Waals surface area contributed by atoms with Crippen LogP contribution in [0.5, 0.6) is 0 Å². The van der Waals surface area contributed by atoms with Gasteiger partial charge in [-0.05, 0) is 124 Å². The van der Waals surface area contributed by atoms with Crippen LogP contribution in [-0.4, -0.2) is 0 Å². The van der Waals surface area contributed by atoms with Gasteiger partial charge >= 0.3 is 0 Å². The van der Waals surface area contributed by atoms with E-state index in [0.29, 0.717) is 0 Å². The fourth-order valence-electron chi connectivity index (χ4n) is 9.13. The molecule has 10 aromatic carbocycles. The van der Waals surface area contributed by atoms with Gasteiger partial charge in [-0.3, -0.25) is 0 Å². The predicted molar refractivity (Wildman–Crippen MR) is 267 cm³/mol. The number of anilines is 6. The van der Waals surface area contributed by atoms with Gasteiger partial charge in [0.25, 0.3) is 0 Å². The number of fused-ring (bicyclic) bond motifs is 6. The highest BCUT2D eigenvalue weighted by Crippen LogP contribution is 2.53. The maximum Gasteiger partial charge on any atom is 0.0476 e. The van der Waals surface area contributed by atoms with E-state index < -0.39 is 0 Å². The zero-order chi connectivity index (χ0) is 41.0. The highest BCUT2D eigenvalue weighted by molar-refractivity contribution is 7.99. The third kappa shape index (κ3) is 6.35. The molecule has 0 N–H and O–H groups in total. The molecule has 1 aliphatic rings. The largest absolute Gasteiger partial charge is 0.310 e. The van der Waals surface area contributed by atoms with Gasteiger partial charge in [-0.1, -0.05) is 157 Å². The number of para-hydroxylation sites is 2. The van der Waals surface area contributed by atoms with Crippen molar-refractivity contribution in [1.29, 1.82) is 0 Å². The zero-order valence-corrected chi connectivity index (χ0v) is 35.3. The number of hydrogen-bond donors (Lipinski definition) is 0. The summed E-state index contributed by atoms with van der Waals surface area (Å²) in [6, 6.07) is 83.8. The minimum absolute atomic E-state index is 1.13. The van der Waals surface area contributed by atoms with Gasteiger partial charge in [0.1, 0.15) is 0 Å². The minimum Gasteiger partial charge on any atom is -0.310 e. The van der Waals surface area contributed by atoms with Gasteiger partial charge in [-0.2, -0.15) is 0 Å². The number of benzene rings is 10. The van der Waals surface area contributed by atoms with E-state index in [9.17, 15) is 0 Å². The topological polar surface area (TPSA) is 6.48 Å². The van der Waals surface area contributed by atoms with E-state index in [2.05, 4.69) is 240 Å². The van der Waals surface area contributed by atoms with Crippen molar-refractivity contribution in [3.63, 3.8) is 0 Å². The van der Waals surface area contributed by atoms with Crippen LogP contribution in [0, 0.1) is 0 Å². The number of rotatable bonds is 8. The lowest BCUT2D eigenvalue weighted by Crippen LogP contribution is -2.10. The van der Waals surface area contributed by atoms with Gasteiger partial charge in [-0.15, -0.1) is 11.3 Å².